The molecule has 94 valence electrons. The molecule has 0 aromatic heterocycles. The number of hydrogen-bond acceptors (Lipinski definition) is 3. The summed E-state index contributed by atoms with van der Waals surface area (Å²) in [7, 11) is -2.29. The molecule has 17 heavy (non-hydrogen) atoms. The van der Waals surface area contributed by atoms with Crippen molar-refractivity contribution in [3.8, 4) is 0 Å². The Balaban J connectivity index is 2.39. The van der Waals surface area contributed by atoms with Crippen LogP contribution in [0.2, 0.25) is 0 Å². The second-order valence-electron chi connectivity index (χ2n) is 4.30. The fraction of sp³-hybridized carbons (Fsp3) is 0.455. The lowest BCUT2D eigenvalue weighted by atomic mass is 9.94. The van der Waals surface area contributed by atoms with Gasteiger partial charge in [-0.15, -0.1) is 0 Å². The predicted octanol–water partition coefficient (Wildman–Crippen LogP) is 1.58. The number of sulfonamides is 1. The standard InChI is InChI=1S/C11H15FN2O2S/c1-14(9-3-2-4-9)17(15,16)11-7-8(13)5-6-10(11)12/h5-7,9H,2-4,13H2,1H3. The summed E-state index contributed by atoms with van der Waals surface area (Å²) in [5.74, 6) is -0.759. The van der Waals surface area contributed by atoms with Gasteiger partial charge in [-0.1, -0.05) is 6.42 Å². The molecular weight excluding hydrogens is 243 g/mol. The summed E-state index contributed by atoms with van der Waals surface area (Å²) in [6.45, 7) is 0. The number of rotatable bonds is 3. The van der Waals surface area contributed by atoms with Crippen molar-refractivity contribution < 1.29 is 12.8 Å². The summed E-state index contributed by atoms with van der Waals surface area (Å²) in [5.41, 5.74) is 5.74. The van der Waals surface area contributed by atoms with Gasteiger partial charge in [0.15, 0.2) is 0 Å². The fourth-order valence-corrected chi connectivity index (χ4v) is 3.33. The van der Waals surface area contributed by atoms with Gasteiger partial charge in [0.2, 0.25) is 10.0 Å². The summed E-state index contributed by atoms with van der Waals surface area (Å²) in [4.78, 5) is -0.341. The molecular formula is C11H15FN2O2S. The first-order chi connectivity index (χ1) is 7.93. The van der Waals surface area contributed by atoms with Gasteiger partial charge in [0.25, 0.3) is 0 Å². The van der Waals surface area contributed by atoms with Crippen LogP contribution in [0.1, 0.15) is 19.3 Å². The molecule has 0 radical (unpaired) electrons. The molecule has 1 aromatic carbocycles. The number of benzene rings is 1. The van der Waals surface area contributed by atoms with Gasteiger partial charge in [-0.2, -0.15) is 4.31 Å². The lowest BCUT2D eigenvalue weighted by molar-refractivity contribution is 0.249. The lowest BCUT2D eigenvalue weighted by Crippen LogP contribution is -2.41. The highest BCUT2D eigenvalue weighted by Gasteiger charge is 2.33. The third kappa shape index (κ3) is 2.14. The highest BCUT2D eigenvalue weighted by Crippen LogP contribution is 2.29. The molecule has 1 saturated carbocycles. The number of hydrogen-bond donors (Lipinski definition) is 1. The third-order valence-corrected chi connectivity index (χ3v) is 5.13. The summed E-state index contributed by atoms with van der Waals surface area (Å²) >= 11 is 0. The van der Waals surface area contributed by atoms with E-state index in [9.17, 15) is 12.8 Å². The normalized spacial score (nSPS) is 17.1. The van der Waals surface area contributed by atoms with Gasteiger partial charge in [-0.25, -0.2) is 12.8 Å². The van der Waals surface area contributed by atoms with Gasteiger partial charge in [-0.3, -0.25) is 0 Å². The maximum atomic E-state index is 13.5. The first kappa shape index (κ1) is 12.3. The maximum absolute atomic E-state index is 13.5. The van der Waals surface area contributed by atoms with E-state index in [2.05, 4.69) is 0 Å². The van der Waals surface area contributed by atoms with Gasteiger partial charge in [0, 0.05) is 18.8 Å². The maximum Gasteiger partial charge on any atom is 0.246 e. The van der Waals surface area contributed by atoms with Crippen molar-refractivity contribution in [3.05, 3.63) is 24.0 Å². The van der Waals surface area contributed by atoms with Gasteiger partial charge in [0.05, 0.1) is 0 Å². The van der Waals surface area contributed by atoms with E-state index in [0.29, 0.717) is 0 Å². The Morgan fingerprint density at radius 2 is 2.06 bits per heavy atom. The molecule has 1 aliphatic carbocycles. The summed E-state index contributed by atoms with van der Waals surface area (Å²) < 4.78 is 39.1. The first-order valence-corrected chi connectivity index (χ1v) is 6.90. The SMILES string of the molecule is CN(C1CCC1)S(=O)(=O)c1cc(N)ccc1F. The van der Waals surface area contributed by atoms with Crippen LogP contribution in [0.25, 0.3) is 0 Å². The van der Waals surface area contributed by atoms with Gasteiger partial charge in [-0.05, 0) is 31.0 Å². The Morgan fingerprint density at radius 1 is 1.41 bits per heavy atom. The van der Waals surface area contributed by atoms with Gasteiger partial charge >= 0.3 is 0 Å². The molecule has 0 heterocycles. The topological polar surface area (TPSA) is 63.4 Å². The van der Waals surface area contributed by atoms with Gasteiger partial charge < -0.3 is 5.73 Å². The molecule has 0 spiro atoms. The Kier molecular flexibility index (Phi) is 3.09. The number of anilines is 1. The Hall–Kier alpha value is -1.14. The molecule has 2 rings (SSSR count). The van der Waals surface area contributed by atoms with Crippen LogP contribution in [-0.2, 0) is 10.0 Å². The molecule has 0 atom stereocenters. The average Bonchev–Trinajstić information content (AvgIpc) is 2.19. The van der Waals surface area contributed by atoms with Gasteiger partial charge in [0.1, 0.15) is 10.7 Å². The van der Waals surface area contributed by atoms with Crippen molar-refractivity contribution in [2.45, 2.75) is 30.2 Å². The molecule has 6 heteroatoms. The van der Waals surface area contributed by atoms with Crippen molar-refractivity contribution in [1.29, 1.82) is 0 Å². The van der Waals surface area contributed by atoms with Crippen LogP contribution in [0.15, 0.2) is 23.1 Å². The van der Waals surface area contributed by atoms with Crippen LogP contribution in [0.5, 0.6) is 0 Å². The van der Waals surface area contributed by atoms with Crippen molar-refractivity contribution in [2.75, 3.05) is 12.8 Å². The van der Waals surface area contributed by atoms with Crippen molar-refractivity contribution in [2.24, 2.45) is 0 Å². The molecule has 1 fully saturated rings. The second kappa shape index (κ2) is 4.27. The molecule has 2 N–H and O–H groups in total. The summed E-state index contributed by atoms with van der Waals surface area (Å²) in [6.07, 6.45) is 2.68. The van der Waals surface area contributed by atoms with E-state index < -0.39 is 15.8 Å². The van der Waals surface area contributed by atoms with Crippen LogP contribution in [-0.4, -0.2) is 25.8 Å². The summed E-state index contributed by atoms with van der Waals surface area (Å²) in [5, 5.41) is 0. The zero-order valence-corrected chi connectivity index (χ0v) is 10.4. The quantitative estimate of drug-likeness (QED) is 0.837. The minimum atomic E-state index is -3.77. The minimum Gasteiger partial charge on any atom is -0.399 e. The molecule has 0 unspecified atom stereocenters. The zero-order valence-electron chi connectivity index (χ0n) is 9.56. The first-order valence-electron chi connectivity index (χ1n) is 5.46. The van der Waals surface area contributed by atoms with E-state index >= 15 is 0 Å². The van der Waals surface area contributed by atoms with E-state index in [1.807, 2.05) is 0 Å². The molecule has 0 aliphatic heterocycles. The number of halogens is 1. The molecule has 4 nitrogen and oxygen atoms in total. The molecule has 0 saturated heterocycles. The van der Waals surface area contributed by atoms with Crippen molar-refractivity contribution in [1.82, 2.24) is 4.31 Å². The van der Waals surface area contributed by atoms with Crippen molar-refractivity contribution in [3.63, 3.8) is 0 Å². The molecule has 1 aliphatic rings. The van der Waals surface area contributed by atoms with Crippen LogP contribution in [0.4, 0.5) is 10.1 Å². The lowest BCUT2D eigenvalue weighted by Gasteiger charge is -2.33. The third-order valence-electron chi connectivity index (χ3n) is 3.20. The highest BCUT2D eigenvalue weighted by molar-refractivity contribution is 7.89. The monoisotopic (exact) mass is 258 g/mol. The largest absolute Gasteiger partial charge is 0.399 e. The van der Waals surface area contributed by atoms with Crippen molar-refractivity contribution >= 4 is 15.7 Å². The smallest absolute Gasteiger partial charge is 0.246 e. The van der Waals surface area contributed by atoms with E-state index in [4.69, 9.17) is 5.73 Å². The van der Waals surface area contributed by atoms with E-state index in [1.54, 1.807) is 0 Å². The number of nitrogens with two attached hydrogens (primary N) is 1. The van der Waals surface area contributed by atoms with E-state index in [0.717, 1.165) is 25.3 Å². The predicted molar refractivity (Wildman–Crippen MR) is 63.4 cm³/mol. The Bertz CT molecular complexity index is 526. The minimum absolute atomic E-state index is 0.0131. The summed E-state index contributed by atoms with van der Waals surface area (Å²) in [6, 6.07) is 3.58. The van der Waals surface area contributed by atoms with E-state index in [-0.39, 0.29) is 16.6 Å². The van der Waals surface area contributed by atoms with Crippen LogP contribution in [0, 0.1) is 5.82 Å². The van der Waals surface area contributed by atoms with Crippen LogP contribution < -0.4 is 5.73 Å². The number of nitrogen functional groups attached to an aromatic ring is 1. The average molecular weight is 258 g/mol. The highest BCUT2D eigenvalue weighted by atomic mass is 32.2. The molecule has 1 aromatic rings. The second-order valence-corrected chi connectivity index (χ2v) is 6.26. The molecule has 0 bridgehead atoms. The Morgan fingerprint density at radius 3 is 2.59 bits per heavy atom. The van der Waals surface area contributed by atoms with E-state index in [1.165, 1.54) is 23.5 Å². The fourth-order valence-electron chi connectivity index (χ4n) is 1.82. The zero-order chi connectivity index (χ0) is 12.6. The molecule has 0 amide bonds. The Labute approximate surface area is 100 Å². The number of nitrogens with zero attached hydrogens (tertiary/aromatic N) is 1. The van der Waals surface area contributed by atoms with Crippen LogP contribution in [0.3, 0.4) is 0 Å². The van der Waals surface area contributed by atoms with Crippen LogP contribution >= 0.6 is 0 Å².